The standard InChI is InChI=1S/C16H21N2.BrH/c1-4-17(5-2)15-10-12-18(13-11-15)16-9-7-6-8-14(16)3;/h6-13H,4-5H2,1-3H3;1H/q+1;/p-1. The van der Waals surface area contributed by atoms with Crippen molar-refractivity contribution in [3.05, 3.63) is 54.4 Å². The number of halogens is 1. The average molecular weight is 321 g/mol. The van der Waals surface area contributed by atoms with Gasteiger partial charge in [-0.25, -0.2) is 0 Å². The molecule has 2 aromatic rings. The lowest BCUT2D eigenvalue weighted by molar-refractivity contribution is -0.596. The molecular weight excluding hydrogens is 300 g/mol. The van der Waals surface area contributed by atoms with Gasteiger partial charge in [0.15, 0.2) is 12.4 Å². The highest BCUT2D eigenvalue weighted by Crippen LogP contribution is 2.12. The predicted octanol–water partition coefficient (Wildman–Crippen LogP) is 0.122. The van der Waals surface area contributed by atoms with Gasteiger partial charge in [-0.3, -0.25) is 0 Å². The van der Waals surface area contributed by atoms with Gasteiger partial charge in [-0.1, -0.05) is 18.2 Å². The van der Waals surface area contributed by atoms with Gasteiger partial charge in [0.1, 0.15) is 0 Å². The molecule has 0 unspecified atom stereocenters. The van der Waals surface area contributed by atoms with Gasteiger partial charge in [0, 0.05) is 42.5 Å². The van der Waals surface area contributed by atoms with Crippen molar-refractivity contribution in [1.29, 1.82) is 0 Å². The summed E-state index contributed by atoms with van der Waals surface area (Å²) in [6.07, 6.45) is 4.27. The van der Waals surface area contributed by atoms with Crippen LogP contribution < -0.4 is 26.4 Å². The molecule has 1 aromatic heterocycles. The molecule has 0 saturated heterocycles. The van der Waals surface area contributed by atoms with Crippen molar-refractivity contribution >= 4 is 5.69 Å². The molecule has 0 saturated carbocycles. The van der Waals surface area contributed by atoms with Gasteiger partial charge >= 0.3 is 0 Å². The van der Waals surface area contributed by atoms with Gasteiger partial charge < -0.3 is 21.9 Å². The van der Waals surface area contributed by atoms with Crippen molar-refractivity contribution in [3.8, 4) is 5.69 Å². The lowest BCUT2D eigenvalue weighted by atomic mass is 10.2. The Morgan fingerprint density at radius 3 is 2.05 bits per heavy atom. The third kappa shape index (κ3) is 3.57. The molecule has 0 radical (unpaired) electrons. The van der Waals surface area contributed by atoms with Crippen LogP contribution in [0.3, 0.4) is 0 Å². The minimum atomic E-state index is 0. The normalized spacial score (nSPS) is 9.84. The van der Waals surface area contributed by atoms with E-state index in [2.05, 4.69) is 79.0 Å². The number of hydrogen-bond acceptors (Lipinski definition) is 1. The third-order valence-electron chi connectivity index (χ3n) is 3.33. The fraction of sp³-hybridized carbons (Fsp3) is 0.312. The van der Waals surface area contributed by atoms with E-state index in [1.165, 1.54) is 16.9 Å². The van der Waals surface area contributed by atoms with Gasteiger partial charge in [-0.05, 0) is 20.8 Å². The van der Waals surface area contributed by atoms with Crippen molar-refractivity contribution in [2.45, 2.75) is 20.8 Å². The molecule has 0 spiro atoms. The lowest BCUT2D eigenvalue weighted by Gasteiger charge is -2.19. The lowest BCUT2D eigenvalue weighted by Crippen LogP contribution is -3.00. The summed E-state index contributed by atoms with van der Waals surface area (Å²) < 4.78 is 2.17. The molecular formula is C16H21BrN2. The van der Waals surface area contributed by atoms with E-state index >= 15 is 0 Å². The van der Waals surface area contributed by atoms with E-state index in [-0.39, 0.29) is 17.0 Å². The van der Waals surface area contributed by atoms with E-state index in [9.17, 15) is 0 Å². The first-order chi connectivity index (χ1) is 8.76. The summed E-state index contributed by atoms with van der Waals surface area (Å²) in [4.78, 5) is 2.35. The fourth-order valence-corrected chi connectivity index (χ4v) is 2.23. The molecule has 0 atom stereocenters. The topological polar surface area (TPSA) is 7.12 Å². The Labute approximate surface area is 126 Å². The maximum Gasteiger partial charge on any atom is 0.213 e. The SMILES string of the molecule is CCN(CC)c1cc[n+](-c2ccccc2C)cc1.[Br-]. The molecule has 0 aliphatic rings. The van der Waals surface area contributed by atoms with Gasteiger partial charge in [0.25, 0.3) is 0 Å². The highest BCUT2D eigenvalue weighted by molar-refractivity contribution is 5.44. The molecule has 2 nitrogen and oxygen atoms in total. The van der Waals surface area contributed by atoms with Gasteiger partial charge in [-0.15, -0.1) is 0 Å². The molecule has 0 N–H and O–H groups in total. The molecule has 0 amide bonds. The number of rotatable bonds is 4. The first-order valence-corrected chi connectivity index (χ1v) is 6.58. The molecule has 0 aliphatic carbocycles. The summed E-state index contributed by atoms with van der Waals surface area (Å²) in [5, 5.41) is 0. The number of benzene rings is 1. The smallest absolute Gasteiger partial charge is 0.213 e. The molecule has 19 heavy (non-hydrogen) atoms. The van der Waals surface area contributed by atoms with Gasteiger partial charge in [-0.2, -0.15) is 4.57 Å². The Balaban J connectivity index is 0.00000180. The zero-order valence-corrected chi connectivity index (χ0v) is 13.4. The van der Waals surface area contributed by atoms with Crippen LogP contribution in [0.4, 0.5) is 5.69 Å². The van der Waals surface area contributed by atoms with Crippen LogP contribution in [0.1, 0.15) is 19.4 Å². The molecule has 1 aromatic carbocycles. The van der Waals surface area contributed by atoms with Crippen LogP contribution in [0.2, 0.25) is 0 Å². The molecule has 0 bridgehead atoms. The van der Waals surface area contributed by atoms with Crippen molar-refractivity contribution in [2.24, 2.45) is 0 Å². The molecule has 2 rings (SSSR count). The molecule has 0 aliphatic heterocycles. The first kappa shape index (κ1) is 15.7. The Kier molecular flexibility index (Phi) is 6.03. The number of para-hydroxylation sites is 1. The average Bonchev–Trinajstić information content (AvgIpc) is 2.42. The summed E-state index contributed by atoms with van der Waals surface area (Å²) in [6.45, 7) is 8.61. The fourth-order valence-electron chi connectivity index (χ4n) is 2.23. The van der Waals surface area contributed by atoms with Crippen LogP contribution >= 0.6 is 0 Å². The summed E-state index contributed by atoms with van der Waals surface area (Å²) in [6, 6.07) is 12.8. The Hall–Kier alpha value is -1.35. The van der Waals surface area contributed by atoms with Gasteiger partial charge in [0.2, 0.25) is 5.69 Å². The quantitative estimate of drug-likeness (QED) is 0.726. The number of anilines is 1. The van der Waals surface area contributed by atoms with Crippen molar-refractivity contribution in [3.63, 3.8) is 0 Å². The van der Waals surface area contributed by atoms with Crippen LogP contribution in [0.15, 0.2) is 48.8 Å². The Bertz CT molecular complexity index is 504. The number of nitrogens with zero attached hydrogens (tertiary/aromatic N) is 2. The van der Waals surface area contributed by atoms with Crippen molar-refractivity contribution < 1.29 is 21.5 Å². The molecule has 0 fully saturated rings. The third-order valence-corrected chi connectivity index (χ3v) is 3.33. The summed E-state index contributed by atoms with van der Waals surface area (Å²) in [7, 11) is 0. The molecule has 1 heterocycles. The van der Waals surface area contributed by atoms with E-state index in [1.807, 2.05) is 0 Å². The van der Waals surface area contributed by atoms with Crippen LogP contribution in [0, 0.1) is 6.92 Å². The van der Waals surface area contributed by atoms with Crippen LogP contribution in [-0.4, -0.2) is 13.1 Å². The summed E-state index contributed by atoms with van der Waals surface area (Å²) in [5.41, 5.74) is 3.81. The Morgan fingerprint density at radius 1 is 0.947 bits per heavy atom. The number of aryl methyl sites for hydroxylation is 1. The minimum absolute atomic E-state index is 0. The van der Waals surface area contributed by atoms with Gasteiger partial charge in [0.05, 0.1) is 0 Å². The molecule has 102 valence electrons. The number of pyridine rings is 1. The number of hydrogen-bond donors (Lipinski definition) is 0. The summed E-state index contributed by atoms with van der Waals surface area (Å²) in [5.74, 6) is 0. The van der Waals surface area contributed by atoms with Crippen LogP contribution in [0.5, 0.6) is 0 Å². The Morgan fingerprint density at radius 2 is 1.53 bits per heavy atom. The van der Waals surface area contributed by atoms with E-state index in [0.29, 0.717) is 0 Å². The monoisotopic (exact) mass is 320 g/mol. The first-order valence-electron chi connectivity index (χ1n) is 6.58. The number of aromatic nitrogens is 1. The van der Waals surface area contributed by atoms with E-state index < -0.39 is 0 Å². The highest BCUT2D eigenvalue weighted by atomic mass is 79.9. The highest BCUT2D eigenvalue weighted by Gasteiger charge is 2.09. The van der Waals surface area contributed by atoms with E-state index in [1.54, 1.807) is 0 Å². The van der Waals surface area contributed by atoms with Crippen molar-refractivity contribution in [1.82, 2.24) is 0 Å². The van der Waals surface area contributed by atoms with Crippen molar-refractivity contribution in [2.75, 3.05) is 18.0 Å². The largest absolute Gasteiger partial charge is 1.00 e. The summed E-state index contributed by atoms with van der Waals surface area (Å²) >= 11 is 0. The van der Waals surface area contributed by atoms with E-state index in [0.717, 1.165) is 13.1 Å². The molecule has 3 heteroatoms. The maximum atomic E-state index is 2.35. The van der Waals surface area contributed by atoms with Crippen LogP contribution in [-0.2, 0) is 0 Å². The second-order valence-corrected chi connectivity index (χ2v) is 4.42. The van der Waals surface area contributed by atoms with E-state index in [4.69, 9.17) is 0 Å². The van der Waals surface area contributed by atoms with Crippen LogP contribution in [0.25, 0.3) is 5.69 Å². The zero-order chi connectivity index (χ0) is 13.0. The predicted molar refractivity (Wildman–Crippen MR) is 76.3 cm³/mol. The minimum Gasteiger partial charge on any atom is -1.00 e. The zero-order valence-electron chi connectivity index (χ0n) is 11.8. The maximum absolute atomic E-state index is 2.35. The second-order valence-electron chi connectivity index (χ2n) is 4.42. The second kappa shape index (κ2) is 7.29.